The zero-order valence-corrected chi connectivity index (χ0v) is 13.2. The van der Waals surface area contributed by atoms with Crippen LogP contribution in [0.15, 0.2) is 71.5 Å². The molecule has 0 fully saturated rings. The summed E-state index contributed by atoms with van der Waals surface area (Å²) in [6.07, 6.45) is 0. The van der Waals surface area contributed by atoms with Crippen molar-refractivity contribution in [2.24, 2.45) is 0 Å². The molecule has 3 aromatic carbocycles. The Morgan fingerprint density at radius 2 is 1.54 bits per heavy atom. The van der Waals surface area contributed by atoms with Crippen molar-refractivity contribution in [3.05, 3.63) is 82.6 Å². The fourth-order valence-electron chi connectivity index (χ4n) is 3.51. The van der Waals surface area contributed by atoms with E-state index in [9.17, 15) is 4.79 Å². The van der Waals surface area contributed by atoms with Gasteiger partial charge in [-0.15, -0.1) is 0 Å². The van der Waals surface area contributed by atoms with E-state index in [4.69, 9.17) is 4.98 Å². The van der Waals surface area contributed by atoms with Gasteiger partial charge in [0.2, 0.25) is 0 Å². The number of para-hydroxylation sites is 2. The largest absolute Gasteiger partial charge is 0.268 e. The number of aromatic nitrogens is 2. The average Bonchev–Trinajstić information content (AvgIpc) is 2.62. The van der Waals surface area contributed by atoms with Crippen LogP contribution in [0, 0.1) is 6.92 Å². The average molecular weight is 310 g/mol. The molecule has 3 heteroatoms. The predicted octanol–water partition coefficient (Wildman–Crippen LogP) is 4.46. The van der Waals surface area contributed by atoms with Crippen molar-refractivity contribution >= 4 is 38.2 Å². The first-order valence-corrected chi connectivity index (χ1v) is 7.96. The molecule has 0 spiro atoms. The highest BCUT2D eigenvalue weighted by molar-refractivity contribution is 6.12. The molecular weight excluding hydrogens is 296 g/mol. The molecule has 0 aliphatic rings. The van der Waals surface area contributed by atoms with Gasteiger partial charge < -0.3 is 0 Å². The third-order valence-corrected chi connectivity index (χ3v) is 4.63. The van der Waals surface area contributed by atoms with Crippen LogP contribution in [0.5, 0.6) is 0 Å². The molecule has 0 N–H and O–H groups in total. The number of aryl methyl sites for hydroxylation is 1. The first-order chi connectivity index (χ1) is 11.7. The number of hydrogen-bond donors (Lipinski definition) is 0. The second kappa shape index (κ2) is 4.65. The molecule has 0 aliphatic heterocycles. The number of hydrogen-bond acceptors (Lipinski definition) is 2. The van der Waals surface area contributed by atoms with E-state index in [0.29, 0.717) is 11.0 Å². The van der Waals surface area contributed by atoms with Gasteiger partial charge in [0.05, 0.1) is 16.4 Å². The second-order valence-electron chi connectivity index (χ2n) is 6.16. The van der Waals surface area contributed by atoms with Crippen molar-refractivity contribution in [3.63, 3.8) is 0 Å². The first-order valence-electron chi connectivity index (χ1n) is 7.96. The van der Waals surface area contributed by atoms with Crippen LogP contribution in [-0.2, 0) is 0 Å². The number of nitrogens with zero attached hydrogens (tertiary/aromatic N) is 2. The van der Waals surface area contributed by atoms with E-state index in [1.165, 1.54) is 5.56 Å². The zero-order valence-electron chi connectivity index (χ0n) is 13.2. The highest BCUT2D eigenvalue weighted by atomic mass is 16.1. The van der Waals surface area contributed by atoms with Crippen LogP contribution in [0.2, 0.25) is 0 Å². The van der Waals surface area contributed by atoms with Gasteiger partial charge in [-0.2, -0.15) is 0 Å². The van der Waals surface area contributed by atoms with E-state index in [1.807, 2.05) is 42.5 Å². The van der Waals surface area contributed by atoms with Gasteiger partial charge in [0.1, 0.15) is 5.65 Å². The Kier molecular flexibility index (Phi) is 2.57. The fraction of sp³-hybridized carbons (Fsp3) is 0.0476. The molecule has 0 saturated heterocycles. The molecule has 0 atom stereocenters. The van der Waals surface area contributed by atoms with E-state index in [1.54, 1.807) is 4.40 Å². The molecule has 2 aromatic heterocycles. The third-order valence-electron chi connectivity index (χ3n) is 4.63. The summed E-state index contributed by atoms with van der Waals surface area (Å²) in [5.74, 6) is 0. The summed E-state index contributed by atoms with van der Waals surface area (Å²) in [5.41, 5.74) is 3.52. The van der Waals surface area contributed by atoms with Gasteiger partial charge in [-0.3, -0.25) is 9.20 Å². The van der Waals surface area contributed by atoms with Gasteiger partial charge in [0.15, 0.2) is 0 Å². The minimum Gasteiger partial charge on any atom is -0.268 e. The van der Waals surface area contributed by atoms with Crippen LogP contribution in [0.4, 0.5) is 0 Å². The standard InChI is InChI=1S/C21H14N2O/c1-13-10-11-15-17(12-13)14-6-3-5-9-19(14)23-20(15)22-18-8-4-2-7-16(18)21(23)24/h2-12H,1H3. The number of benzene rings is 3. The SMILES string of the molecule is Cc1ccc2c(c1)c1ccccc1n1c(=O)c3ccccc3nc21. The molecule has 5 aromatic rings. The molecule has 0 aliphatic carbocycles. The van der Waals surface area contributed by atoms with Crippen molar-refractivity contribution < 1.29 is 0 Å². The molecular formula is C21H14N2O. The maximum absolute atomic E-state index is 13.1. The summed E-state index contributed by atoms with van der Waals surface area (Å²) in [6.45, 7) is 2.08. The minimum absolute atomic E-state index is 0.0192. The van der Waals surface area contributed by atoms with Crippen LogP contribution >= 0.6 is 0 Å². The molecule has 0 bridgehead atoms. The van der Waals surface area contributed by atoms with E-state index < -0.39 is 0 Å². The minimum atomic E-state index is -0.0192. The van der Waals surface area contributed by atoms with Gasteiger partial charge in [-0.25, -0.2) is 4.98 Å². The molecule has 0 saturated carbocycles. The van der Waals surface area contributed by atoms with Crippen LogP contribution < -0.4 is 5.56 Å². The Hall–Kier alpha value is -3.20. The van der Waals surface area contributed by atoms with E-state index in [0.717, 1.165) is 27.2 Å². The lowest BCUT2D eigenvalue weighted by molar-refractivity contribution is 1.14. The summed E-state index contributed by atoms with van der Waals surface area (Å²) >= 11 is 0. The normalized spacial score (nSPS) is 11.7. The van der Waals surface area contributed by atoms with Gasteiger partial charge in [-0.05, 0) is 30.5 Å². The monoisotopic (exact) mass is 310 g/mol. The lowest BCUT2D eigenvalue weighted by Crippen LogP contribution is -2.16. The highest BCUT2D eigenvalue weighted by Crippen LogP contribution is 2.29. The Labute approximate surface area is 137 Å². The maximum atomic E-state index is 13.1. The Balaban J connectivity index is 2.22. The Morgan fingerprint density at radius 3 is 2.42 bits per heavy atom. The summed E-state index contributed by atoms with van der Waals surface area (Å²) in [4.78, 5) is 17.9. The third kappa shape index (κ3) is 1.67. The summed E-state index contributed by atoms with van der Waals surface area (Å²) in [7, 11) is 0. The quantitative estimate of drug-likeness (QED) is 0.312. The molecule has 5 rings (SSSR count). The van der Waals surface area contributed by atoms with Gasteiger partial charge in [-0.1, -0.05) is 54.1 Å². The second-order valence-corrected chi connectivity index (χ2v) is 6.16. The molecule has 0 amide bonds. The summed E-state index contributed by atoms with van der Waals surface area (Å²) < 4.78 is 1.75. The predicted molar refractivity (Wildman–Crippen MR) is 98.7 cm³/mol. The first kappa shape index (κ1) is 13.3. The van der Waals surface area contributed by atoms with E-state index in [2.05, 4.69) is 31.2 Å². The van der Waals surface area contributed by atoms with Crippen molar-refractivity contribution in [2.75, 3.05) is 0 Å². The molecule has 2 heterocycles. The number of rotatable bonds is 0. The van der Waals surface area contributed by atoms with Crippen molar-refractivity contribution in [3.8, 4) is 0 Å². The molecule has 0 unspecified atom stereocenters. The summed E-state index contributed by atoms with van der Waals surface area (Å²) in [5, 5.41) is 3.85. The number of fused-ring (bicyclic) bond motifs is 7. The fourth-order valence-corrected chi connectivity index (χ4v) is 3.51. The number of pyridine rings is 1. The van der Waals surface area contributed by atoms with E-state index >= 15 is 0 Å². The van der Waals surface area contributed by atoms with Crippen LogP contribution in [-0.4, -0.2) is 9.38 Å². The lowest BCUT2D eigenvalue weighted by Gasteiger charge is -2.12. The van der Waals surface area contributed by atoms with Crippen LogP contribution in [0.25, 0.3) is 38.2 Å². The maximum Gasteiger partial charge on any atom is 0.266 e. The molecule has 114 valence electrons. The summed E-state index contributed by atoms with van der Waals surface area (Å²) in [6, 6.07) is 21.9. The van der Waals surface area contributed by atoms with Crippen molar-refractivity contribution in [1.82, 2.24) is 9.38 Å². The Morgan fingerprint density at radius 1 is 0.792 bits per heavy atom. The molecule has 0 radical (unpaired) electrons. The van der Waals surface area contributed by atoms with Gasteiger partial charge in [0.25, 0.3) is 5.56 Å². The van der Waals surface area contributed by atoms with E-state index in [-0.39, 0.29) is 5.56 Å². The van der Waals surface area contributed by atoms with Crippen LogP contribution in [0.3, 0.4) is 0 Å². The van der Waals surface area contributed by atoms with Gasteiger partial charge >= 0.3 is 0 Å². The Bertz CT molecular complexity index is 1330. The highest BCUT2D eigenvalue weighted by Gasteiger charge is 2.13. The molecule has 3 nitrogen and oxygen atoms in total. The topological polar surface area (TPSA) is 34.4 Å². The molecule has 24 heavy (non-hydrogen) atoms. The van der Waals surface area contributed by atoms with Crippen LogP contribution in [0.1, 0.15) is 5.56 Å². The lowest BCUT2D eigenvalue weighted by atomic mass is 10.0. The zero-order chi connectivity index (χ0) is 16.3. The van der Waals surface area contributed by atoms with Crippen molar-refractivity contribution in [1.29, 1.82) is 0 Å². The van der Waals surface area contributed by atoms with Gasteiger partial charge in [0, 0.05) is 10.8 Å². The van der Waals surface area contributed by atoms with Crippen molar-refractivity contribution in [2.45, 2.75) is 6.92 Å². The smallest absolute Gasteiger partial charge is 0.266 e.